The third kappa shape index (κ3) is 3.76. The minimum absolute atomic E-state index is 0.0884. The Balaban J connectivity index is 2.58. The van der Waals surface area contributed by atoms with Gasteiger partial charge in [-0.05, 0) is 24.6 Å². The molecule has 1 aromatic carbocycles. The number of carbonyl (C=O) groups is 1. The summed E-state index contributed by atoms with van der Waals surface area (Å²) in [6, 6.07) is 3.40. The molecule has 0 bridgehead atoms. The van der Waals surface area contributed by atoms with E-state index in [2.05, 4.69) is 4.99 Å². The summed E-state index contributed by atoms with van der Waals surface area (Å²) in [6.07, 6.45) is -3.29. The molecule has 0 aliphatic carbocycles. The Morgan fingerprint density at radius 2 is 2.09 bits per heavy atom. The van der Waals surface area contributed by atoms with E-state index in [-0.39, 0.29) is 11.3 Å². The number of nitrogens with zero attached hydrogens (tertiary/aromatic N) is 2. The predicted octanol–water partition coefficient (Wildman–Crippen LogP) is 3.27. The number of hydrogen-bond donors (Lipinski definition) is 1. The number of carboxylic acids is 1. The van der Waals surface area contributed by atoms with Gasteiger partial charge < -0.3 is 9.67 Å². The molecule has 0 saturated heterocycles. The summed E-state index contributed by atoms with van der Waals surface area (Å²) in [5.41, 5.74) is -1.07. The van der Waals surface area contributed by atoms with Crippen molar-refractivity contribution >= 4 is 23.0 Å². The van der Waals surface area contributed by atoms with Crippen molar-refractivity contribution in [2.24, 2.45) is 12.0 Å². The Kier molecular flexibility index (Phi) is 4.41. The average Bonchev–Trinajstić information content (AvgIpc) is 2.67. The van der Waals surface area contributed by atoms with Crippen LogP contribution in [0.25, 0.3) is 0 Å². The molecule has 0 fully saturated rings. The van der Waals surface area contributed by atoms with E-state index < -0.39 is 24.1 Å². The molecule has 0 spiro atoms. The van der Waals surface area contributed by atoms with Crippen molar-refractivity contribution in [3.8, 4) is 0 Å². The first-order valence-electron chi connectivity index (χ1n) is 6.26. The minimum Gasteiger partial charge on any atom is -0.481 e. The second kappa shape index (κ2) is 5.96. The summed E-state index contributed by atoms with van der Waals surface area (Å²) in [5.74, 6) is -1.18. The molecule has 0 aliphatic heterocycles. The fourth-order valence-corrected chi connectivity index (χ4v) is 2.81. The number of alkyl halides is 3. The van der Waals surface area contributed by atoms with E-state index in [0.29, 0.717) is 4.80 Å². The van der Waals surface area contributed by atoms with E-state index in [0.717, 1.165) is 10.9 Å². The first kappa shape index (κ1) is 16.3. The molecule has 2 aromatic rings. The molecule has 0 atom stereocenters. The van der Waals surface area contributed by atoms with Gasteiger partial charge in [0.2, 0.25) is 0 Å². The zero-order chi connectivity index (χ0) is 16.5. The number of aromatic nitrogens is 1. The molecule has 0 aliphatic rings. The van der Waals surface area contributed by atoms with Crippen molar-refractivity contribution in [2.75, 3.05) is 0 Å². The number of thiazole rings is 1. The highest BCUT2D eigenvalue weighted by Gasteiger charge is 2.34. The molecule has 1 aromatic heterocycles. The zero-order valence-electron chi connectivity index (χ0n) is 11.8. The van der Waals surface area contributed by atoms with Crippen LogP contribution in [0.2, 0.25) is 0 Å². The van der Waals surface area contributed by atoms with E-state index in [1.807, 2.05) is 6.92 Å². The third-order valence-electron chi connectivity index (χ3n) is 2.87. The number of rotatable bonds is 3. The maximum atomic E-state index is 13.2. The maximum Gasteiger partial charge on any atom is 0.418 e. The topological polar surface area (TPSA) is 54.6 Å². The molecular weight excluding hydrogens is 317 g/mol. The molecule has 4 nitrogen and oxygen atoms in total. The molecule has 8 heteroatoms. The summed E-state index contributed by atoms with van der Waals surface area (Å²) < 4.78 is 41.1. The fourth-order valence-electron chi connectivity index (χ4n) is 1.97. The van der Waals surface area contributed by atoms with Crippen molar-refractivity contribution in [1.82, 2.24) is 4.57 Å². The van der Waals surface area contributed by atoms with Gasteiger partial charge in [-0.2, -0.15) is 13.2 Å². The van der Waals surface area contributed by atoms with Crippen molar-refractivity contribution in [2.45, 2.75) is 19.5 Å². The number of aryl methyl sites for hydroxylation is 2. The van der Waals surface area contributed by atoms with Gasteiger partial charge in [0.15, 0.2) is 4.80 Å². The number of benzene rings is 1. The van der Waals surface area contributed by atoms with Crippen LogP contribution in [0, 0.1) is 6.92 Å². The highest BCUT2D eigenvalue weighted by molar-refractivity contribution is 7.09. The first-order chi connectivity index (χ1) is 10.2. The van der Waals surface area contributed by atoms with Gasteiger partial charge >= 0.3 is 12.1 Å². The van der Waals surface area contributed by atoms with Gasteiger partial charge in [-0.25, -0.2) is 4.99 Å². The Bertz CT molecular complexity index is 775. The molecule has 1 N–H and O–H groups in total. The monoisotopic (exact) mass is 330 g/mol. The van der Waals surface area contributed by atoms with Gasteiger partial charge in [0.05, 0.1) is 17.7 Å². The maximum absolute atomic E-state index is 13.2. The summed E-state index contributed by atoms with van der Waals surface area (Å²) in [4.78, 5) is 16.1. The van der Waals surface area contributed by atoms with Crippen molar-refractivity contribution in [3.05, 3.63) is 45.2 Å². The average molecular weight is 330 g/mol. The van der Waals surface area contributed by atoms with Crippen molar-refractivity contribution in [3.63, 3.8) is 0 Å². The lowest BCUT2D eigenvalue weighted by molar-refractivity contribution is -0.138. The molecule has 22 heavy (non-hydrogen) atoms. The minimum atomic E-state index is -4.60. The van der Waals surface area contributed by atoms with Gasteiger partial charge in [-0.3, -0.25) is 4.79 Å². The second-order valence-electron chi connectivity index (χ2n) is 4.77. The van der Waals surface area contributed by atoms with Crippen LogP contribution >= 0.6 is 11.3 Å². The molecular formula is C14H13F3N2O2S. The van der Waals surface area contributed by atoms with Crippen molar-refractivity contribution in [1.29, 1.82) is 0 Å². The number of halogens is 3. The molecule has 2 rings (SSSR count). The van der Waals surface area contributed by atoms with Crippen LogP contribution in [-0.4, -0.2) is 15.6 Å². The SMILES string of the molecule is Cc1cn(C)/c(=N/c2ccc(CC(=O)O)cc2C(F)(F)F)s1. The van der Waals surface area contributed by atoms with Crippen LogP contribution in [0.15, 0.2) is 29.4 Å². The van der Waals surface area contributed by atoms with Gasteiger partial charge in [0.25, 0.3) is 0 Å². The fraction of sp³-hybridized carbons (Fsp3) is 0.286. The number of carboxylic acid groups (broad SMARTS) is 1. The van der Waals surface area contributed by atoms with E-state index in [4.69, 9.17) is 5.11 Å². The molecule has 0 saturated carbocycles. The van der Waals surface area contributed by atoms with Crippen LogP contribution in [0.4, 0.5) is 18.9 Å². The Morgan fingerprint density at radius 1 is 1.41 bits per heavy atom. The lowest BCUT2D eigenvalue weighted by Gasteiger charge is -2.11. The van der Waals surface area contributed by atoms with Crippen LogP contribution in [0.1, 0.15) is 16.0 Å². The zero-order valence-corrected chi connectivity index (χ0v) is 12.6. The van der Waals surface area contributed by atoms with Gasteiger partial charge in [0.1, 0.15) is 0 Å². The Labute approximate surface area is 128 Å². The highest BCUT2D eigenvalue weighted by atomic mass is 32.1. The molecule has 1 heterocycles. The lowest BCUT2D eigenvalue weighted by atomic mass is 10.1. The predicted molar refractivity (Wildman–Crippen MR) is 76.0 cm³/mol. The van der Waals surface area contributed by atoms with Crippen molar-refractivity contribution < 1.29 is 23.1 Å². The first-order valence-corrected chi connectivity index (χ1v) is 7.08. The molecule has 0 radical (unpaired) electrons. The normalized spacial score (nSPS) is 12.7. The summed E-state index contributed by atoms with van der Waals surface area (Å²) in [5, 5.41) is 8.70. The van der Waals surface area contributed by atoms with Crippen LogP contribution in [0.3, 0.4) is 0 Å². The number of hydrogen-bond acceptors (Lipinski definition) is 3. The Hall–Kier alpha value is -2.09. The molecule has 0 amide bonds. The summed E-state index contributed by atoms with van der Waals surface area (Å²) >= 11 is 1.28. The van der Waals surface area contributed by atoms with Gasteiger partial charge in [-0.1, -0.05) is 6.07 Å². The van der Waals surface area contributed by atoms with Gasteiger partial charge in [0, 0.05) is 18.1 Å². The standard InChI is InChI=1S/C14H13F3N2O2S/c1-8-7-19(2)13(22-8)18-11-4-3-9(6-12(20)21)5-10(11)14(15,16)17/h3-5,7H,6H2,1-2H3,(H,20,21)/b18-13-. The third-order valence-corrected chi connectivity index (χ3v) is 3.86. The lowest BCUT2D eigenvalue weighted by Crippen LogP contribution is -2.11. The second-order valence-corrected chi connectivity index (χ2v) is 5.98. The quantitative estimate of drug-likeness (QED) is 0.939. The summed E-state index contributed by atoms with van der Waals surface area (Å²) in [7, 11) is 1.70. The molecule has 118 valence electrons. The van der Waals surface area contributed by atoms with E-state index in [1.54, 1.807) is 17.8 Å². The largest absolute Gasteiger partial charge is 0.481 e. The Morgan fingerprint density at radius 3 is 2.59 bits per heavy atom. The van der Waals surface area contributed by atoms with E-state index in [1.165, 1.54) is 23.5 Å². The highest BCUT2D eigenvalue weighted by Crippen LogP contribution is 2.36. The number of aliphatic carboxylic acids is 1. The summed E-state index contributed by atoms with van der Waals surface area (Å²) in [6.45, 7) is 1.84. The van der Waals surface area contributed by atoms with E-state index >= 15 is 0 Å². The van der Waals surface area contributed by atoms with Crippen LogP contribution < -0.4 is 4.80 Å². The van der Waals surface area contributed by atoms with Crippen LogP contribution in [0.5, 0.6) is 0 Å². The van der Waals surface area contributed by atoms with Crippen LogP contribution in [-0.2, 0) is 24.4 Å². The van der Waals surface area contributed by atoms with Gasteiger partial charge in [-0.15, -0.1) is 11.3 Å². The van der Waals surface area contributed by atoms with E-state index in [9.17, 15) is 18.0 Å². The molecule has 0 unspecified atom stereocenters. The smallest absolute Gasteiger partial charge is 0.418 e.